The zero-order valence-electron chi connectivity index (χ0n) is 21.0. The van der Waals surface area contributed by atoms with E-state index in [-0.39, 0.29) is 0 Å². The van der Waals surface area contributed by atoms with Gasteiger partial charge in [0.1, 0.15) is 11.6 Å². The summed E-state index contributed by atoms with van der Waals surface area (Å²) >= 11 is 0. The van der Waals surface area contributed by atoms with Crippen molar-refractivity contribution in [2.24, 2.45) is 0 Å². The molecular weight excluding hydrogens is 476 g/mol. The van der Waals surface area contributed by atoms with Crippen LogP contribution >= 0.6 is 0 Å². The fourth-order valence-electron chi connectivity index (χ4n) is 5.39. The number of fused-ring (bicyclic) bond motifs is 2. The molecule has 0 spiro atoms. The zero-order valence-corrected chi connectivity index (χ0v) is 21.0. The average Bonchev–Trinajstić information content (AvgIpc) is 3.89. The van der Waals surface area contributed by atoms with Gasteiger partial charge < -0.3 is 15.5 Å². The Morgan fingerprint density at radius 3 is 2.63 bits per heavy atom. The van der Waals surface area contributed by atoms with Crippen LogP contribution in [0.1, 0.15) is 48.6 Å². The average molecular weight is 505 g/mol. The highest BCUT2D eigenvalue weighted by Gasteiger charge is 2.29. The molecule has 1 saturated heterocycles. The van der Waals surface area contributed by atoms with Crippen molar-refractivity contribution in [3.05, 3.63) is 60.2 Å². The SMILES string of the molecule is c1cc(-c2nc(N3CCNCC3)c3c(C4CC4)cncc3n2)cc(Nc2nc3ccc(C4CC4)cn3n2)n1. The molecule has 0 radical (unpaired) electrons. The molecule has 0 aromatic carbocycles. The summed E-state index contributed by atoms with van der Waals surface area (Å²) in [7, 11) is 0. The Hall–Kier alpha value is -4.18. The smallest absolute Gasteiger partial charge is 0.248 e. The minimum absolute atomic E-state index is 0.516. The van der Waals surface area contributed by atoms with Crippen LogP contribution < -0.4 is 15.5 Å². The molecular formula is C28H28N10. The van der Waals surface area contributed by atoms with Gasteiger partial charge in [0.2, 0.25) is 5.95 Å². The number of aromatic nitrogens is 7. The van der Waals surface area contributed by atoms with Crippen LogP contribution in [0.2, 0.25) is 0 Å². The Balaban J connectivity index is 1.16. The second-order valence-corrected chi connectivity index (χ2v) is 10.5. The van der Waals surface area contributed by atoms with E-state index >= 15 is 0 Å². The van der Waals surface area contributed by atoms with Crippen LogP contribution in [0.5, 0.6) is 0 Å². The minimum atomic E-state index is 0.516. The van der Waals surface area contributed by atoms with Gasteiger partial charge >= 0.3 is 0 Å². The number of hydrogen-bond donors (Lipinski definition) is 2. The van der Waals surface area contributed by atoms with Gasteiger partial charge in [0.25, 0.3) is 0 Å². The summed E-state index contributed by atoms with van der Waals surface area (Å²) in [6, 6.07) is 8.09. The van der Waals surface area contributed by atoms with Gasteiger partial charge in [0.15, 0.2) is 11.5 Å². The third-order valence-electron chi connectivity index (χ3n) is 7.71. The van der Waals surface area contributed by atoms with E-state index in [1.54, 1.807) is 6.20 Å². The first-order valence-corrected chi connectivity index (χ1v) is 13.5. The van der Waals surface area contributed by atoms with Gasteiger partial charge in [-0.3, -0.25) is 4.98 Å². The van der Waals surface area contributed by atoms with Crippen molar-refractivity contribution in [3.8, 4) is 11.4 Å². The Bertz CT molecular complexity index is 1660. The standard InChI is InChI=1S/C28H28N10/c1-2-17(1)20-5-6-24-34-28(36-38(24)16-20)33-23-13-19(7-8-31-23)26-32-22-15-30-14-21(18-3-4-18)25(22)27(35-26)37-11-9-29-10-12-37/h5-8,13-18,29H,1-4,9-12H2,(H,31,33,36). The van der Waals surface area contributed by atoms with Gasteiger partial charge in [0, 0.05) is 55.7 Å². The number of rotatable bonds is 6. The largest absolute Gasteiger partial charge is 0.353 e. The van der Waals surface area contributed by atoms with Crippen LogP contribution in [0.3, 0.4) is 0 Å². The van der Waals surface area contributed by atoms with E-state index < -0.39 is 0 Å². The monoisotopic (exact) mass is 504 g/mol. The van der Waals surface area contributed by atoms with Gasteiger partial charge in [-0.1, -0.05) is 6.07 Å². The maximum atomic E-state index is 5.15. The van der Waals surface area contributed by atoms with E-state index in [1.165, 1.54) is 36.8 Å². The van der Waals surface area contributed by atoms with Crippen LogP contribution in [-0.2, 0) is 0 Å². The van der Waals surface area contributed by atoms with Crippen molar-refractivity contribution in [1.29, 1.82) is 0 Å². The molecule has 2 N–H and O–H groups in total. The lowest BCUT2D eigenvalue weighted by molar-refractivity contribution is 0.586. The Kier molecular flexibility index (Phi) is 5.00. The number of anilines is 3. The quantitative estimate of drug-likeness (QED) is 0.354. The normalized spacial score (nSPS) is 17.8. The number of nitrogens with zero attached hydrogens (tertiary/aromatic N) is 8. The lowest BCUT2D eigenvalue weighted by atomic mass is 10.1. The molecule has 38 heavy (non-hydrogen) atoms. The van der Waals surface area contributed by atoms with Gasteiger partial charge in [-0.05, 0) is 66.8 Å². The third kappa shape index (κ3) is 4.01. The summed E-state index contributed by atoms with van der Waals surface area (Å²) in [4.78, 5) is 26.2. The molecule has 2 saturated carbocycles. The van der Waals surface area contributed by atoms with Gasteiger partial charge in [-0.25, -0.2) is 19.5 Å². The molecule has 5 aromatic heterocycles. The summed E-state index contributed by atoms with van der Waals surface area (Å²) in [6.45, 7) is 3.73. The highest BCUT2D eigenvalue weighted by atomic mass is 15.4. The number of piperazine rings is 1. The van der Waals surface area contributed by atoms with E-state index in [4.69, 9.17) is 9.97 Å². The molecule has 190 valence electrons. The van der Waals surface area contributed by atoms with Crippen molar-refractivity contribution in [2.75, 3.05) is 36.4 Å². The first kappa shape index (κ1) is 21.9. The molecule has 0 unspecified atom stereocenters. The van der Waals surface area contributed by atoms with Crippen molar-refractivity contribution >= 4 is 34.1 Å². The molecule has 3 aliphatic rings. The summed E-state index contributed by atoms with van der Waals surface area (Å²) in [5, 5.41) is 12.5. The van der Waals surface area contributed by atoms with E-state index in [0.29, 0.717) is 29.4 Å². The minimum Gasteiger partial charge on any atom is -0.353 e. The summed E-state index contributed by atoms with van der Waals surface area (Å²) in [5.74, 6) is 4.08. The van der Waals surface area contributed by atoms with Crippen molar-refractivity contribution in [2.45, 2.75) is 37.5 Å². The molecule has 10 nitrogen and oxygen atoms in total. The summed E-state index contributed by atoms with van der Waals surface area (Å²) in [6.07, 6.45) is 12.7. The van der Waals surface area contributed by atoms with Crippen LogP contribution in [0.15, 0.2) is 49.1 Å². The maximum Gasteiger partial charge on any atom is 0.248 e. The third-order valence-corrected chi connectivity index (χ3v) is 7.71. The predicted octanol–water partition coefficient (Wildman–Crippen LogP) is 4.04. The molecule has 2 aliphatic carbocycles. The van der Waals surface area contributed by atoms with E-state index in [0.717, 1.165) is 54.1 Å². The van der Waals surface area contributed by atoms with Crippen LogP contribution in [-0.4, -0.2) is 60.7 Å². The Morgan fingerprint density at radius 1 is 0.921 bits per heavy atom. The highest BCUT2D eigenvalue weighted by molar-refractivity contribution is 5.94. The summed E-state index contributed by atoms with van der Waals surface area (Å²) < 4.78 is 1.84. The fraction of sp³-hybridized carbons (Fsp3) is 0.357. The number of nitrogens with one attached hydrogen (secondary N) is 2. The van der Waals surface area contributed by atoms with E-state index in [1.807, 2.05) is 35.1 Å². The van der Waals surface area contributed by atoms with Crippen molar-refractivity contribution in [1.82, 2.24) is 39.9 Å². The first-order chi connectivity index (χ1) is 18.8. The van der Waals surface area contributed by atoms with Gasteiger partial charge in [-0.15, -0.1) is 5.10 Å². The number of hydrogen-bond acceptors (Lipinski definition) is 9. The zero-order chi connectivity index (χ0) is 25.1. The lowest BCUT2D eigenvalue weighted by Gasteiger charge is -2.30. The highest BCUT2D eigenvalue weighted by Crippen LogP contribution is 2.45. The second-order valence-electron chi connectivity index (χ2n) is 10.5. The first-order valence-electron chi connectivity index (χ1n) is 13.5. The molecule has 0 bridgehead atoms. The van der Waals surface area contributed by atoms with Crippen LogP contribution in [0.25, 0.3) is 27.9 Å². The van der Waals surface area contributed by atoms with E-state index in [2.05, 4.69) is 47.8 Å². The van der Waals surface area contributed by atoms with Crippen LogP contribution in [0.4, 0.5) is 17.6 Å². The molecule has 10 heteroatoms. The maximum absolute atomic E-state index is 5.15. The lowest BCUT2D eigenvalue weighted by Crippen LogP contribution is -2.44. The molecule has 5 aromatic rings. The molecule has 1 aliphatic heterocycles. The van der Waals surface area contributed by atoms with Gasteiger partial charge in [0.05, 0.1) is 11.7 Å². The predicted molar refractivity (Wildman–Crippen MR) is 146 cm³/mol. The van der Waals surface area contributed by atoms with Crippen LogP contribution in [0, 0.1) is 0 Å². The molecule has 6 heterocycles. The van der Waals surface area contributed by atoms with Crippen molar-refractivity contribution < 1.29 is 0 Å². The topological polar surface area (TPSA) is 109 Å². The summed E-state index contributed by atoms with van der Waals surface area (Å²) in [5.41, 5.74) is 5.19. The van der Waals surface area contributed by atoms with E-state index in [9.17, 15) is 0 Å². The molecule has 0 amide bonds. The Morgan fingerprint density at radius 2 is 1.79 bits per heavy atom. The Labute approximate surface area is 219 Å². The fourth-order valence-corrected chi connectivity index (χ4v) is 5.39. The second kappa shape index (κ2) is 8.70. The number of pyridine rings is 3. The van der Waals surface area contributed by atoms with Crippen molar-refractivity contribution in [3.63, 3.8) is 0 Å². The van der Waals surface area contributed by atoms with Gasteiger partial charge in [-0.2, -0.15) is 4.98 Å². The molecule has 8 rings (SSSR count). The molecule has 3 fully saturated rings. The molecule has 0 atom stereocenters.